The summed E-state index contributed by atoms with van der Waals surface area (Å²) in [6, 6.07) is 10.8. The Kier molecular flexibility index (Phi) is 8.55. The molecule has 11 heteroatoms. The molecular weight excluding hydrogens is 480 g/mol. The molecule has 1 unspecified atom stereocenters. The summed E-state index contributed by atoms with van der Waals surface area (Å²) in [6.07, 6.45) is 3.60. The quantitative estimate of drug-likeness (QED) is 0.408. The van der Waals surface area contributed by atoms with Crippen LogP contribution in [0.5, 0.6) is 17.2 Å². The Morgan fingerprint density at radius 3 is 2.19 bits per heavy atom. The van der Waals surface area contributed by atoms with Crippen molar-refractivity contribution in [3.63, 3.8) is 0 Å². The monoisotopic (exact) mass is 504 g/mol. The van der Waals surface area contributed by atoms with Crippen LogP contribution in [-0.4, -0.2) is 42.5 Å². The summed E-state index contributed by atoms with van der Waals surface area (Å²) >= 11 is 1.10. The molecule has 36 heavy (non-hydrogen) atoms. The van der Waals surface area contributed by atoms with Gasteiger partial charge in [0.1, 0.15) is 28.5 Å². The van der Waals surface area contributed by atoms with E-state index in [1.807, 2.05) is 13.0 Å². The molecule has 0 bridgehead atoms. The number of carbonyl (C=O) groups is 1. The van der Waals surface area contributed by atoms with Crippen molar-refractivity contribution in [1.82, 2.24) is 9.97 Å². The molecule has 3 aromatic rings. The van der Waals surface area contributed by atoms with E-state index in [4.69, 9.17) is 19.9 Å². The Bertz CT molecular complexity index is 1330. The molecule has 3 N–H and O–H groups in total. The maximum atomic E-state index is 13.0. The van der Waals surface area contributed by atoms with Crippen LogP contribution >= 0.6 is 11.8 Å². The number of ether oxygens (including phenoxy) is 3. The Morgan fingerprint density at radius 1 is 1.08 bits per heavy atom. The topological polar surface area (TPSA) is 156 Å². The molecule has 0 radical (unpaired) electrons. The number of thioether (sulfide) groups is 1. The molecule has 0 aliphatic carbocycles. The van der Waals surface area contributed by atoms with Gasteiger partial charge in [-0.05, 0) is 36.2 Å². The predicted molar refractivity (Wildman–Crippen MR) is 136 cm³/mol. The van der Waals surface area contributed by atoms with Gasteiger partial charge in [0, 0.05) is 23.6 Å². The molecule has 0 fully saturated rings. The van der Waals surface area contributed by atoms with Crippen molar-refractivity contribution in [3.05, 3.63) is 47.8 Å². The van der Waals surface area contributed by atoms with Crippen molar-refractivity contribution in [2.45, 2.75) is 23.6 Å². The smallest absolute Gasteiger partial charge is 0.237 e. The zero-order valence-electron chi connectivity index (χ0n) is 20.2. The van der Waals surface area contributed by atoms with E-state index in [2.05, 4.69) is 21.4 Å². The minimum Gasteiger partial charge on any atom is -0.493 e. The van der Waals surface area contributed by atoms with Gasteiger partial charge in [0.05, 0.1) is 32.1 Å². The zero-order chi connectivity index (χ0) is 26.2. The summed E-state index contributed by atoms with van der Waals surface area (Å²) in [5, 5.41) is 22.5. The number of benzene rings is 1. The highest BCUT2D eigenvalue weighted by molar-refractivity contribution is 8.00. The number of pyridine rings is 2. The van der Waals surface area contributed by atoms with Crippen molar-refractivity contribution in [2.75, 3.05) is 32.4 Å². The zero-order valence-corrected chi connectivity index (χ0v) is 21.0. The molecular formula is C25H24N6O4S. The number of methoxy groups -OCH3 is 3. The van der Waals surface area contributed by atoms with Crippen molar-refractivity contribution in [1.29, 1.82) is 10.5 Å². The van der Waals surface area contributed by atoms with Crippen LogP contribution in [0.2, 0.25) is 0 Å². The summed E-state index contributed by atoms with van der Waals surface area (Å²) in [6.45, 7) is 1.85. The van der Waals surface area contributed by atoms with Gasteiger partial charge < -0.3 is 25.3 Å². The highest BCUT2D eigenvalue weighted by Crippen LogP contribution is 2.44. The summed E-state index contributed by atoms with van der Waals surface area (Å²) in [5.41, 5.74) is 7.60. The number of rotatable bonds is 9. The maximum absolute atomic E-state index is 13.0. The van der Waals surface area contributed by atoms with Gasteiger partial charge in [-0.1, -0.05) is 18.7 Å². The third kappa shape index (κ3) is 5.27. The first kappa shape index (κ1) is 26.1. The number of anilines is 2. The van der Waals surface area contributed by atoms with Crippen molar-refractivity contribution in [3.8, 4) is 40.5 Å². The SMILES string of the molecule is CCC(Sc1nc(N)c(C#N)c(-c2cc(OC)c(OC)c(OC)c2)c1C#N)C(=O)Nc1ccncc1. The van der Waals surface area contributed by atoms with E-state index in [-0.39, 0.29) is 33.4 Å². The number of nitriles is 2. The molecule has 0 aliphatic rings. The minimum atomic E-state index is -0.585. The highest BCUT2D eigenvalue weighted by atomic mass is 32.2. The van der Waals surface area contributed by atoms with Crippen LogP contribution in [0.4, 0.5) is 11.5 Å². The molecule has 184 valence electrons. The summed E-state index contributed by atoms with van der Waals surface area (Å²) in [5.74, 6) is 0.708. The predicted octanol–water partition coefficient (Wildman–Crippen LogP) is 4.00. The maximum Gasteiger partial charge on any atom is 0.237 e. The van der Waals surface area contributed by atoms with Gasteiger partial charge in [-0.25, -0.2) is 4.98 Å². The number of nitrogen functional groups attached to an aromatic ring is 1. The van der Waals surface area contributed by atoms with E-state index in [0.29, 0.717) is 34.9 Å². The third-order valence-electron chi connectivity index (χ3n) is 5.23. The lowest BCUT2D eigenvalue weighted by Gasteiger charge is -2.19. The molecule has 0 aliphatic heterocycles. The fourth-order valence-electron chi connectivity index (χ4n) is 3.51. The number of hydrogen-bond acceptors (Lipinski definition) is 10. The molecule has 2 aromatic heterocycles. The molecule has 1 atom stereocenters. The molecule has 0 saturated heterocycles. The second kappa shape index (κ2) is 11.8. The molecule has 3 rings (SSSR count). The Labute approximate surface area is 213 Å². The van der Waals surface area contributed by atoms with Gasteiger partial charge in [-0.2, -0.15) is 10.5 Å². The average Bonchev–Trinajstić information content (AvgIpc) is 2.90. The Morgan fingerprint density at radius 2 is 1.69 bits per heavy atom. The molecule has 1 aromatic carbocycles. The fraction of sp³-hybridized carbons (Fsp3) is 0.240. The van der Waals surface area contributed by atoms with Crippen molar-refractivity contribution >= 4 is 29.2 Å². The molecule has 0 saturated carbocycles. The largest absolute Gasteiger partial charge is 0.493 e. The molecule has 0 spiro atoms. The first-order valence-corrected chi connectivity index (χ1v) is 11.6. The van der Waals surface area contributed by atoms with Crippen LogP contribution < -0.4 is 25.3 Å². The van der Waals surface area contributed by atoms with E-state index >= 15 is 0 Å². The number of nitrogens with one attached hydrogen (secondary N) is 1. The van der Waals surface area contributed by atoms with E-state index in [1.54, 1.807) is 36.7 Å². The summed E-state index contributed by atoms with van der Waals surface area (Å²) in [7, 11) is 4.41. The number of nitrogens with zero attached hydrogens (tertiary/aromatic N) is 4. The van der Waals surface area contributed by atoms with Gasteiger partial charge in [0.2, 0.25) is 11.7 Å². The standard InChI is InChI=1S/C25H24N6O4S/c1-5-20(24(32)30-15-6-8-29-9-7-15)36-25-17(13-27)21(16(12-26)23(28)31-25)14-10-18(33-2)22(35-4)19(11-14)34-3/h6-11,20H,5H2,1-4H3,(H2,28,31)(H,29,30,32). The number of carbonyl (C=O) groups excluding carboxylic acids is 1. The first-order valence-electron chi connectivity index (χ1n) is 10.7. The second-order valence-electron chi connectivity index (χ2n) is 7.30. The summed E-state index contributed by atoms with van der Waals surface area (Å²) < 4.78 is 16.3. The van der Waals surface area contributed by atoms with Gasteiger partial charge >= 0.3 is 0 Å². The van der Waals surface area contributed by atoms with E-state index < -0.39 is 5.25 Å². The first-order chi connectivity index (χ1) is 17.4. The van der Waals surface area contributed by atoms with Gasteiger partial charge in [0.25, 0.3) is 0 Å². The highest BCUT2D eigenvalue weighted by Gasteiger charge is 2.27. The van der Waals surface area contributed by atoms with Crippen LogP contribution in [0.25, 0.3) is 11.1 Å². The lowest BCUT2D eigenvalue weighted by molar-refractivity contribution is -0.115. The Balaban J connectivity index is 2.14. The number of amides is 1. The van der Waals surface area contributed by atoms with Gasteiger partial charge in [0.15, 0.2) is 11.5 Å². The van der Waals surface area contributed by atoms with E-state index in [9.17, 15) is 15.3 Å². The third-order valence-corrected chi connectivity index (χ3v) is 6.58. The average molecular weight is 505 g/mol. The lowest BCUT2D eigenvalue weighted by Crippen LogP contribution is -2.25. The molecule has 1 amide bonds. The van der Waals surface area contributed by atoms with Gasteiger partial charge in [-0.3, -0.25) is 9.78 Å². The minimum absolute atomic E-state index is 0.0273. The molecule has 10 nitrogen and oxygen atoms in total. The van der Waals surface area contributed by atoms with Crippen molar-refractivity contribution < 1.29 is 19.0 Å². The second-order valence-corrected chi connectivity index (χ2v) is 8.50. The normalized spacial score (nSPS) is 11.1. The van der Waals surface area contributed by atoms with Crippen molar-refractivity contribution in [2.24, 2.45) is 0 Å². The molecule has 2 heterocycles. The van der Waals surface area contributed by atoms with Crippen LogP contribution in [0.15, 0.2) is 41.7 Å². The van der Waals surface area contributed by atoms with Crippen LogP contribution in [-0.2, 0) is 4.79 Å². The summed E-state index contributed by atoms with van der Waals surface area (Å²) in [4.78, 5) is 21.2. The number of aromatic nitrogens is 2. The lowest BCUT2D eigenvalue weighted by atomic mass is 9.96. The van der Waals surface area contributed by atoms with Crippen LogP contribution in [0.1, 0.15) is 24.5 Å². The number of hydrogen-bond donors (Lipinski definition) is 2. The fourth-order valence-corrected chi connectivity index (χ4v) is 4.53. The number of nitrogens with two attached hydrogens (primary N) is 1. The Hall–Kier alpha value is -4.48. The van der Waals surface area contributed by atoms with Crippen LogP contribution in [0.3, 0.4) is 0 Å². The van der Waals surface area contributed by atoms with Crippen LogP contribution in [0, 0.1) is 22.7 Å². The van der Waals surface area contributed by atoms with Gasteiger partial charge in [-0.15, -0.1) is 0 Å². The van der Waals surface area contributed by atoms with E-state index in [1.165, 1.54) is 21.3 Å². The van der Waals surface area contributed by atoms with E-state index in [0.717, 1.165) is 11.8 Å².